The van der Waals surface area contributed by atoms with Crippen molar-refractivity contribution in [3.63, 3.8) is 0 Å². The van der Waals surface area contributed by atoms with Crippen LogP contribution < -0.4 is 5.73 Å². The second-order valence-corrected chi connectivity index (χ2v) is 3.72. The molecule has 1 aromatic rings. The minimum Gasteiger partial charge on any atom is -0.370 e. The predicted octanol–water partition coefficient (Wildman–Crippen LogP) is 2.14. The number of hydrogen-bond acceptors (Lipinski definition) is 1. The fourth-order valence-corrected chi connectivity index (χ4v) is 1.19. The molecular weight excluding hydrogens is 358 g/mol. The van der Waals surface area contributed by atoms with Crippen LogP contribution in [-0.4, -0.2) is 31.5 Å². The van der Waals surface area contributed by atoms with Crippen LogP contribution in [0.4, 0.5) is 13.2 Å². The van der Waals surface area contributed by atoms with Crippen LogP contribution in [0.25, 0.3) is 0 Å². The van der Waals surface area contributed by atoms with Gasteiger partial charge in [0.2, 0.25) is 0 Å². The maximum atomic E-state index is 13.2. The van der Waals surface area contributed by atoms with Crippen LogP contribution in [0.3, 0.4) is 0 Å². The molecule has 0 aromatic heterocycles. The van der Waals surface area contributed by atoms with E-state index >= 15 is 0 Å². The van der Waals surface area contributed by atoms with E-state index < -0.39 is 17.5 Å². The number of benzene rings is 1. The molecular formula is C11H15F3IN3. The maximum absolute atomic E-state index is 13.2. The van der Waals surface area contributed by atoms with E-state index in [4.69, 9.17) is 5.73 Å². The van der Waals surface area contributed by atoms with Crippen LogP contribution in [0.5, 0.6) is 0 Å². The van der Waals surface area contributed by atoms with Crippen LogP contribution in [-0.2, 0) is 6.42 Å². The first kappa shape index (κ1) is 17.0. The topological polar surface area (TPSA) is 41.6 Å². The Labute approximate surface area is 121 Å². The van der Waals surface area contributed by atoms with Gasteiger partial charge >= 0.3 is 0 Å². The summed E-state index contributed by atoms with van der Waals surface area (Å²) in [4.78, 5) is 5.55. The van der Waals surface area contributed by atoms with Gasteiger partial charge in [0, 0.05) is 20.6 Å². The van der Waals surface area contributed by atoms with Gasteiger partial charge in [-0.1, -0.05) is 6.07 Å². The fourth-order valence-electron chi connectivity index (χ4n) is 1.19. The lowest BCUT2D eigenvalue weighted by Crippen LogP contribution is -2.30. The summed E-state index contributed by atoms with van der Waals surface area (Å²) in [5.41, 5.74) is 5.60. The Hall–Kier alpha value is -0.990. The molecule has 3 nitrogen and oxygen atoms in total. The molecule has 0 spiro atoms. The third kappa shape index (κ3) is 4.35. The van der Waals surface area contributed by atoms with Gasteiger partial charge in [-0.3, -0.25) is 4.99 Å². The zero-order valence-corrected chi connectivity index (χ0v) is 12.4. The van der Waals surface area contributed by atoms with Crippen LogP contribution in [0.2, 0.25) is 0 Å². The number of guanidine groups is 1. The maximum Gasteiger partial charge on any atom is 0.194 e. The number of nitrogens with two attached hydrogens (primary N) is 1. The molecule has 1 rings (SSSR count). The molecule has 0 fully saturated rings. The van der Waals surface area contributed by atoms with Gasteiger partial charge in [0.15, 0.2) is 23.4 Å². The molecule has 0 amide bonds. The third-order valence-corrected chi connectivity index (χ3v) is 2.23. The molecule has 102 valence electrons. The number of halogens is 4. The van der Waals surface area contributed by atoms with Crippen molar-refractivity contribution in [1.82, 2.24) is 4.90 Å². The highest BCUT2D eigenvalue weighted by Gasteiger charge is 2.12. The summed E-state index contributed by atoms with van der Waals surface area (Å²) in [6, 6.07) is 2.10. The molecule has 7 heteroatoms. The van der Waals surface area contributed by atoms with Crippen molar-refractivity contribution in [3.05, 3.63) is 35.1 Å². The first-order valence-electron chi connectivity index (χ1n) is 5.03. The number of rotatable bonds is 3. The summed E-state index contributed by atoms with van der Waals surface area (Å²) < 4.78 is 38.8. The van der Waals surface area contributed by atoms with E-state index in [1.54, 1.807) is 19.0 Å². The number of aliphatic imine (C=N–C) groups is 1. The van der Waals surface area contributed by atoms with Gasteiger partial charge in [0.1, 0.15) is 0 Å². The zero-order valence-electron chi connectivity index (χ0n) is 10.1. The highest BCUT2D eigenvalue weighted by atomic mass is 127. The average Bonchev–Trinajstić information content (AvgIpc) is 2.28. The molecule has 0 radical (unpaired) electrons. The van der Waals surface area contributed by atoms with Crippen LogP contribution >= 0.6 is 24.0 Å². The number of hydrogen-bond donors (Lipinski definition) is 1. The molecule has 0 aliphatic carbocycles. The van der Waals surface area contributed by atoms with Crippen molar-refractivity contribution in [2.45, 2.75) is 6.42 Å². The Bertz CT molecular complexity index is 436. The summed E-state index contributed by atoms with van der Waals surface area (Å²) in [5.74, 6) is -3.51. The normalized spacial score (nSPS) is 11.1. The van der Waals surface area contributed by atoms with Crippen LogP contribution in [0, 0.1) is 17.5 Å². The van der Waals surface area contributed by atoms with Crippen molar-refractivity contribution < 1.29 is 13.2 Å². The quantitative estimate of drug-likeness (QED) is 0.382. The summed E-state index contributed by atoms with van der Waals surface area (Å²) in [7, 11) is 3.44. The molecule has 0 unspecified atom stereocenters. The molecule has 1 aromatic carbocycles. The van der Waals surface area contributed by atoms with Crippen LogP contribution in [0.1, 0.15) is 5.56 Å². The Morgan fingerprint density at radius 3 is 2.39 bits per heavy atom. The molecule has 0 heterocycles. The predicted molar refractivity (Wildman–Crippen MR) is 75.6 cm³/mol. The Balaban J connectivity index is 0.00000289. The molecule has 0 aliphatic heterocycles. The highest BCUT2D eigenvalue weighted by molar-refractivity contribution is 14.0. The molecule has 0 bridgehead atoms. The largest absolute Gasteiger partial charge is 0.370 e. The molecule has 2 N–H and O–H groups in total. The Morgan fingerprint density at radius 2 is 1.83 bits per heavy atom. The van der Waals surface area contributed by atoms with Gasteiger partial charge in [0.05, 0.1) is 0 Å². The molecule has 0 atom stereocenters. The lowest BCUT2D eigenvalue weighted by molar-refractivity contribution is 0.441. The zero-order chi connectivity index (χ0) is 13.0. The minimum absolute atomic E-state index is 0. The lowest BCUT2D eigenvalue weighted by atomic mass is 10.1. The summed E-state index contributed by atoms with van der Waals surface area (Å²) in [5, 5.41) is 0. The van der Waals surface area contributed by atoms with Crippen molar-refractivity contribution in [2.75, 3.05) is 20.6 Å². The first-order chi connectivity index (χ1) is 7.93. The second-order valence-electron chi connectivity index (χ2n) is 3.72. The smallest absolute Gasteiger partial charge is 0.194 e. The van der Waals surface area contributed by atoms with E-state index in [1.807, 2.05) is 0 Å². The molecule has 0 saturated heterocycles. The number of nitrogens with zero attached hydrogens (tertiary/aromatic N) is 2. The van der Waals surface area contributed by atoms with E-state index in [9.17, 15) is 13.2 Å². The van der Waals surface area contributed by atoms with E-state index in [0.29, 0.717) is 5.96 Å². The van der Waals surface area contributed by atoms with Gasteiger partial charge in [-0.15, -0.1) is 24.0 Å². The van der Waals surface area contributed by atoms with Gasteiger partial charge in [-0.25, -0.2) is 13.2 Å². The van der Waals surface area contributed by atoms with Crippen molar-refractivity contribution in [2.24, 2.45) is 10.7 Å². The summed E-state index contributed by atoms with van der Waals surface area (Å²) >= 11 is 0. The SMILES string of the molecule is CN(C)C(N)=NCCc1ccc(F)c(F)c1F.I. The van der Waals surface area contributed by atoms with Crippen molar-refractivity contribution in [1.29, 1.82) is 0 Å². The molecule has 0 aliphatic rings. The van der Waals surface area contributed by atoms with Crippen LogP contribution in [0.15, 0.2) is 17.1 Å². The summed E-state index contributed by atoms with van der Waals surface area (Å²) in [6.07, 6.45) is 0.164. The minimum atomic E-state index is -1.45. The Kier molecular flexibility index (Phi) is 7.04. The van der Waals surface area contributed by atoms with Gasteiger partial charge in [-0.05, 0) is 18.1 Å². The summed E-state index contributed by atoms with van der Waals surface area (Å²) in [6.45, 7) is 0.214. The van der Waals surface area contributed by atoms with Gasteiger partial charge < -0.3 is 10.6 Å². The van der Waals surface area contributed by atoms with Gasteiger partial charge in [-0.2, -0.15) is 0 Å². The fraction of sp³-hybridized carbons (Fsp3) is 0.364. The first-order valence-corrected chi connectivity index (χ1v) is 5.03. The van der Waals surface area contributed by atoms with Crippen molar-refractivity contribution in [3.8, 4) is 0 Å². The van der Waals surface area contributed by atoms with E-state index in [2.05, 4.69) is 4.99 Å². The van der Waals surface area contributed by atoms with E-state index in [0.717, 1.165) is 6.07 Å². The molecule has 18 heavy (non-hydrogen) atoms. The van der Waals surface area contributed by atoms with E-state index in [-0.39, 0.29) is 42.5 Å². The third-order valence-electron chi connectivity index (χ3n) is 2.23. The van der Waals surface area contributed by atoms with Crippen molar-refractivity contribution >= 4 is 29.9 Å². The second kappa shape index (κ2) is 7.45. The Morgan fingerprint density at radius 1 is 1.22 bits per heavy atom. The van der Waals surface area contributed by atoms with Gasteiger partial charge in [0.25, 0.3) is 0 Å². The average molecular weight is 373 g/mol. The lowest BCUT2D eigenvalue weighted by Gasteiger charge is -2.10. The molecule has 0 saturated carbocycles. The van der Waals surface area contributed by atoms with E-state index in [1.165, 1.54) is 6.07 Å². The standard InChI is InChI=1S/C11H14F3N3.HI/c1-17(2)11(15)16-6-5-7-3-4-8(12)10(14)9(7)13;/h3-4H,5-6H2,1-2H3,(H2,15,16);1H. The highest BCUT2D eigenvalue weighted by Crippen LogP contribution is 2.15. The monoisotopic (exact) mass is 373 g/mol.